The van der Waals surface area contributed by atoms with Crippen LogP contribution in [0.25, 0.3) is 0 Å². The van der Waals surface area contributed by atoms with Gasteiger partial charge in [0.1, 0.15) is 0 Å². The van der Waals surface area contributed by atoms with Gasteiger partial charge in [-0.3, -0.25) is 19.7 Å². The third-order valence-corrected chi connectivity index (χ3v) is 4.65. The second kappa shape index (κ2) is 8.44. The Kier molecular flexibility index (Phi) is 5.80. The van der Waals surface area contributed by atoms with Gasteiger partial charge in [0.2, 0.25) is 11.8 Å². The van der Waals surface area contributed by atoms with E-state index in [-0.39, 0.29) is 30.0 Å². The van der Waals surface area contributed by atoms with Crippen LogP contribution in [0.3, 0.4) is 0 Å². The van der Waals surface area contributed by atoms with E-state index in [9.17, 15) is 19.7 Å². The second-order valence-corrected chi connectivity index (χ2v) is 6.54. The molecule has 140 valence electrons. The summed E-state index contributed by atoms with van der Waals surface area (Å²) in [5.41, 5.74) is 1.19. The fourth-order valence-corrected chi connectivity index (χ4v) is 3.29. The van der Waals surface area contributed by atoms with Gasteiger partial charge in [0, 0.05) is 31.1 Å². The number of carbonyl (C=O) groups is 2. The molecule has 0 aromatic heterocycles. The Morgan fingerprint density at radius 3 is 2.52 bits per heavy atom. The number of nitrogens with zero attached hydrogens (tertiary/aromatic N) is 2. The number of likely N-dealkylation sites (tertiary alicyclic amines) is 1. The molecular weight excluding hydrogens is 346 g/mol. The minimum Gasteiger partial charge on any atom is -0.347 e. The Morgan fingerprint density at radius 1 is 1.15 bits per heavy atom. The van der Waals surface area contributed by atoms with Gasteiger partial charge in [-0.2, -0.15) is 0 Å². The number of benzene rings is 2. The summed E-state index contributed by atoms with van der Waals surface area (Å²) < 4.78 is 0. The molecule has 2 aromatic carbocycles. The molecular formula is C20H21N3O4. The molecule has 0 spiro atoms. The van der Waals surface area contributed by atoms with E-state index < -0.39 is 4.92 Å². The molecule has 7 nitrogen and oxygen atoms in total. The highest BCUT2D eigenvalue weighted by Crippen LogP contribution is 2.21. The minimum atomic E-state index is -0.486. The topological polar surface area (TPSA) is 92.5 Å². The van der Waals surface area contributed by atoms with Gasteiger partial charge in [0.15, 0.2) is 0 Å². The summed E-state index contributed by atoms with van der Waals surface area (Å²) in [7, 11) is 0. The lowest BCUT2D eigenvalue weighted by atomic mass is 10.0. The van der Waals surface area contributed by atoms with Crippen molar-refractivity contribution in [3.05, 3.63) is 75.8 Å². The van der Waals surface area contributed by atoms with Crippen LogP contribution in [0, 0.1) is 10.1 Å². The molecule has 1 aliphatic rings. The van der Waals surface area contributed by atoms with E-state index >= 15 is 0 Å². The number of amides is 2. The van der Waals surface area contributed by atoms with Gasteiger partial charge in [0.25, 0.3) is 5.69 Å². The standard InChI is InChI=1S/C20H21N3O4/c24-19(13-16-9-4-5-10-18(16)23(26)27)21-17(15-7-2-1-3-8-15)14-22-12-6-11-20(22)25/h1-5,7-10,17H,6,11-14H2,(H,21,24)/t17-/m0/s1. The summed E-state index contributed by atoms with van der Waals surface area (Å²) in [5.74, 6) is -0.228. The molecule has 0 radical (unpaired) electrons. The second-order valence-electron chi connectivity index (χ2n) is 6.54. The average molecular weight is 367 g/mol. The molecule has 2 aromatic rings. The third-order valence-electron chi connectivity index (χ3n) is 4.65. The highest BCUT2D eigenvalue weighted by atomic mass is 16.6. The van der Waals surface area contributed by atoms with Gasteiger partial charge in [-0.15, -0.1) is 0 Å². The Hall–Kier alpha value is -3.22. The molecule has 1 N–H and O–H groups in total. The van der Waals surface area contributed by atoms with E-state index in [1.807, 2.05) is 30.3 Å². The van der Waals surface area contributed by atoms with Crippen LogP contribution in [0.5, 0.6) is 0 Å². The molecule has 27 heavy (non-hydrogen) atoms. The number of nitrogens with one attached hydrogen (secondary N) is 1. The van der Waals surface area contributed by atoms with Crippen LogP contribution >= 0.6 is 0 Å². The number of carbonyl (C=O) groups excluding carboxylic acids is 2. The Morgan fingerprint density at radius 2 is 1.85 bits per heavy atom. The van der Waals surface area contributed by atoms with Gasteiger partial charge in [-0.1, -0.05) is 48.5 Å². The highest BCUT2D eigenvalue weighted by Gasteiger charge is 2.26. The number of nitro benzene ring substituents is 1. The monoisotopic (exact) mass is 367 g/mol. The lowest BCUT2D eigenvalue weighted by molar-refractivity contribution is -0.385. The SMILES string of the molecule is O=C(Cc1ccccc1[N+](=O)[O-])N[C@@H](CN1CCCC1=O)c1ccccc1. The largest absolute Gasteiger partial charge is 0.347 e. The average Bonchev–Trinajstić information content (AvgIpc) is 3.07. The molecule has 1 atom stereocenters. The molecule has 1 fully saturated rings. The van der Waals surface area contributed by atoms with E-state index in [4.69, 9.17) is 0 Å². The first-order valence-corrected chi connectivity index (χ1v) is 8.89. The summed E-state index contributed by atoms with van der Waals surface area (Å²) in [5, 5.41) is 14.1. The molecule has 0 aliphatic carbocycles. The van der Waals surface area contributed by atoms with Crippen molar-refractivity contribution in [2.24, 2.45) is 0 Å². The van der Waals surface area contributed by atoms with E-state index in [1.165, 1.54) is 6.07 Å². The quantitative estimate of drug-likeness (QED) is 0.601. The predicted octanol–water partition coefficient (Wildman–Crippen LogP) is 2.62. The van der Waals surface area contributed by atoms with Crippen molar-refractivity contribution in [2.45, 2.75) is 25.3 Å². The molecule has 7 heteroatoms. The van der Waals surface area contributed by atoms with Gasteiger partial charge in [-0.05, 0) is 12.0 Å². The van der Waals surface area contributed by atoms with E-state index in [2.05, 4.69) is 5.32 Å². The zero-order valence-corrected chi connectivity index (χ0v) is 14.8. The van der Waals surface area contributed by atoms with Crippen LogP contribution < -0.4 is 5.32 Å². The fraction of sp³-hybridized carbons (Fsp3) is 0.300. The normalized spacial score (nSPS) is 14.8. The lowest BCUT2D eigenvalue weighted by Gasteiger charge is -2.25. The Labute approximate surface area is 157 Å². The first-order valence-electron chi connectivity index (χ1n) is 8.89. The molecule has 3 rings (SSSR count). The Bertz CT molecular complexity index is 838. The summed E-state index contributed by atoms with van der Waals surface area (Å²) in [6, 6.07) is 15.3. The zero-order valence-electron chi connectivity index (χ0n) is 14.8. The van der Waals surface area contributed by atoms with Crippen molar-refractivity contribution in [1.82, 2.24) is 10.2 Å². The molecule has 0 bridgehead atoms. The first kappa shape index (κ1) is 18.6. The van der Waals surface area contributed by atoms with E-state index in [1.54, 1.807) is 23.1 Å². The van der Waals surface area contributed by atoms with Crippen LogP contribution in [0.4, 0.5) is 5.69 Å². The summed E-state index contributed by atoms with van der Waals surface area (Å²) in [4.78, 5) is 37.0. The third kappa shape index (κ3) is 4.69. The number of hydrogen-bond acceptors (Lipinski definition) is 4. The smallest absolute Gasteiger partial charge is 0.273 e. The summed E-state index contributed by atoms with van der Waals surface area (Å²) >= 11 is 0. The van der Waals surface area contributed by atoms with Crippen LogP contribution in [0.1, 0.15) is 30.0 Å². The maximum Gasteiger partial charge on any atom is 0.273 e. The van der Waals surface area contributed by atoms with Crippen molar-refractivity contribution >= 4 is 17.5 Å². The molecule has 0 unspecified atom stereocenters. The molecule has 1 heterocycles. The highest BCUT2D eigenvalue weighted by molar-refractivity contribution is 5.81. The van der Waals surface area contributed by atoms with Gasteiger partial charge >= 0.3 is 0 Å². The molecule has 1 saturated heterocycles. The molecule has 2 amide bonds. The first-order chi connectivity index (χ1) is 13.0. The lowest BCUT2D eigenvalue weighted by Crippen LogP contribution is -2.39. The van der Waals surface area contributed by atoms with Gasteiger partial charge < -0.3 is 10.2 Å². The van der Waals surface area contributed by atoms with Gasteiger partial charge in [0.05, 0.1) is 17.4 Å². The minimum absolute atomic E-state index is 0.0707. The van der Waals surface area contributed by atoms with Crippen LogP contribution in [0.15, 0.2) is 54.6 Å². The predicted molar refractivity (Wildman–Crippen MR) is 99.9 cm³/mol. The van der Waals surface area contributed by atoms with Crippen LogP contribution in [0.2, 0.25) is 0 Å². The van der Waals surface area contributed by atoms with Crippen molar-refractivity contribution in [1.29, 1.82) is 0 Å². The zero-order chi connectivity index (χ0) is 19.2. The number of nitro groups is 1. The van der Waals surface area contributed by atoms with Crippen LogP contribution in [-0.4, -0.2) is 34.7 Å². The van der Waals surface area contributed by atoms with Crippen LogP contribution in [-0.2, 0) is 16.0 Å². The number of para-hydroxylation sites is 1. The number of hydrogen-bond donors (Lipinski definition) is 1. The van der Waals surface area contributed by atoms with Crippen molar-refractivity contribution < 1.29 is 14.5 Å². The molecule has 0 saturated carbocycles. The van der Waals surface area contributed by atoms with Crippen molar-refractivity contribution in [2.75, 3.05) is 13.1 Å². The summed E-state index contributed by atoms with van der Waals surface area (Å²) in [6.07, 6.45) is 1.27. The van der Waals surface area contributed by atoms with Crippen molar-refractivity contribution in [3.8, 4) is 0 Å². The van der Waals surface area contributed by atoms with Gasteiger partial charge in [-0.25, -0.2) is 0 Å². The maximum absolute atomic E-state index is 12.6. The van der Waals surface area contributed by atoms with E-state index in [0.29, 0.717) is 25.1 Å². The van der Waals surface area contributed by atoms with E-state index in [0.717, 1.165) is 12.0 Å². The molecule has 1 aliphatic heterocycles. The maximum atomic E-state index is 12.6. The Balaban J connectivity index is 1.74. The summed E-state index contributed by atoms with van der Waals surface area (Å²) in [6.45, 7) is 1.08. The van der Waals surface area contributed by atoms with Crippen molar-refractivity contribution in [3.63, 3.8) is 0 Å². The fourth-order valence-electron chi connectivity index (χ4n) is 3.29. The number of rotatable bonds is 7.